The Morgan fingerprint density at radius 3 is 2.82 bits per heavy atom. The highest BCUT2D eigenvalue weighted by molar-refractivity contribution is 7.09. The molecule has 2 aliphatic rings. The standard InChI is InChI=1S/C22H27FN2O2S/c1-16-5-2-10-24(16)14-17-6-3-11-25(17)22(26)20-9-8-18(13-21(20)23)27-15-19-7-4-12-28-19/h4,7-9,12-13,16-17H,2-3,5-6,10-11,14-15H2,1H3/t16-,17+/m1/s1. The Morgan fingerprint density at radius 2 is 2.11 bits per heavy atom. The van der Waals surface area contributed by atoms with Crippen LogP contribution < -0.4 is 4.74 Å². The normalized spacial score (nSPS) is 22.7. The molecule has 0 bridgehead atoms. The Balaban J connectivity index is 1.41. The van der Waals surface area contributed by atoms with E-state index in [4.69, 9.17) is 4.74 Å². The molecule has 3 heterocycles. The third kappa shape index (κ3) is 4.23. The molecule has 150 valence electrons. The van der Waals surface area contributed by atoms with E-state index in [9.17, 15) is 9.18 Å². The summed E-state index contributed by atoms with van der Waals surface area (Å²) in [5, 5.41) is 1.98. The van der Waals surface area contributed by atoms with Crippen LogP contribution in [-0.2, 0) is 6.61 Å². The Labute approximate surface area is 169 Å². The number of carbonyl (C=O) groups is 1. The number of hydrogen-bond acceptors (Lipinski definition) is 4. The highest BCUT2D eigenvalue weighted by Crippen LogP contribution is 2.26. The Morgan fingerprint density at radius 1 is 1.25 bits per heavy atom. The first kappa shape index (κ1) is 19.4. The molecule has 0 aliphatic carbocycles. The molecule has 2 aliphatic heterocycles. The van der Waals surface area contributed by atoms with Gasteiger partial charge in [0.05, 0.1) is 5.56 Å². The molecule has 0 unspecified atom stereocenters. The molecule has 2 aromatic rings. The van der Waals surface area contributed by atoms with Gasteiger partial charge < -0.3 is 9.64 Å². The lowest BCUT2D eigenvalue weighted by Gasteiger charge is -2.31. The van der Waals surface area contributed by atoms with Crippen molar-refractivity contribution in [2.45, 2.75) is 51.3 Å². The van der Waals surface area contributed by atoms with Crippen LogP contribution in [0.25, 0.3) is 0 Å². The first-order valence-corrected chi connectivity index (χ1v) is 11.0. The molecule has 4 nitrogen and oxygen atoms in total. The highest BCUT2D eigenvalue weighted by atomic mass is 32.1. The number of amides is 1. The van der Waals surface area contributed by atoms with Gasteiger partial charge in [0.15, 0.2) is 0 Å². The maximum atomic E-state index is 14.7. The van der Waals surface area contributed by atoms with E-state index >= 15 is 0 Å². The lowest BCUT2D eigenvalue weighted by Crippen LogP contribution is -2.44. The second-order valence-electron chi connectivity index (χ2n) is 7.79. The molecule has 6 heteroatoms. The summed E-state index contributed by atoms with van der Waals surface area (Å²) in [5.74, 6) is -0.253. The summed E-state index contributed by atoms with van der Waals surface area (Å²) in [6.45, 7) is 5.37. The minimum Gasteiger partial charge on any atom is -0.488 e. The highest BCUT2D eigenvalue weighted by Gasteiger charge is 2.33. The zero-order valence-electron chi connectivity index (χ0n) is 16.3. The third-order valence-corrected chi connectivity index (χ3v) is 6.76. The van der Waals surface area contributed by atoms with Crippen LogP contribution in [0.1, 0.15) is 47.8 Å². The van der Waals surface area contributed by atoms with Crippen LogP contribution in [0.3, 0.4) is 0 Å². The summed E-state index contributed by atoms with van der Waals surface area (Å²) < 4.78 is 20.3. The molecular weight excluding hydrogens is 375 g/mol. The second kappa shape index (κ2) is 8.62. The largest absolute Gasteiger partial charge is 0.488 e. The van der Waals surface area contributed by atoms with Crippen molar-refractivity contribution in [3.63, 3.8) is 0 Å². The minimum atomic E-state index is -0.506. The zero-order chi connectivity index (χ0) is 19.5. The number of likely N-dealkylation sites (tertiary alicyclic amines) is 2. The van der Waals surface area contributed by atoms with E-state index in [-0.39, 0.29) is 17.5 Å². The van der Waals surface area contributed by atoms with Crippen LogP contribution >= 0.6 is 11.3 Å². The van der Waals surface area contributed by atoms with Gasteiger partial charge in [-0.15, -0.1) is 11.3 Å². The molecule has 0 saturated carbocycles. The van der Waals surface area contributed by atoms with Crippen molar-refractivity contribution in [1.29, 1.82) is 0 Å². The molecule has 28 heavy (non-hydrogen) atoms. The lowest BCUT2D eigenvalue weighted by atomic mass is 10.1. The Hall–Kier alpha value is -1.92. The number of carbonyl (C=O) groups excluding carboxylic acids is 1. The summed E-state index contributed by atoms with van der Waals surface area (Å²) in [6, 6.07) is 9.28. The van der Waals surface area contributed by atoms with Crippen LogP contribution in [0.2, 0.25) is 0 Å². The van der Waals surface area contributed by atoms with E-state index in [1.165, 1.54) is 18.9 Å². The summed E-state index contributed by atoms with van der Waals surface area (Å²) in [4.78, 5) is 18.4. The van der Waals surface area contributed by atoms with Gasteiger partial charge in [0.2, 0.25) is 0 Å². The molecule has 2 fully saturated rings. The molecule has 0 N–H and O–H groups in total. The molecule has 1 aromatic carbocycles. The van der Waals surface area contributed by atoms with Crippen LogP contribution in [-0.4, -0.2) is 47.4 Å². The van der Waals surface area contributed by atoms with Gasteiger partial charge in [-0.3, -0.25) is 9.69 Å². The SMILES string of the molecule is C[C@@H]1CCCN1C[C@@H]1CCCN1C(=O)c1ccc(OCc2cccs2)cc1F. The van der Waals surface area contributed by atoms with Gasteiger partial charge in [-0.05, 0) is 62.7 Å². The smallest absolute Gasteiger partial charge is 0.257 e. The summed E-state index contributed by atoms with van der Waals surface area (Å²) in [5.41, 5.74) is 0.143. The van der Waals surface area contributed by atoms with Crippen molar-refractivity contribution >= 4 is 17.2 Å². The van der Waals surface area contributed by atoms with E-state index in [1.54, 1.807) is 23.5 Å². The van der Waals surface area contributed by atoms with E-state index < -0.39 is 5.82 Å². The zero-order valence-corrected chi connectivity index (χ0v) is 17.1. The predicted octanol–water partition coefficient (Wildman–Crippen LogP) is 4.56. The van der Waals surface area contributed by atoms with Crippen molar-refractivity contribution in [2.75, 3.05) is 19.6 Å². The van der Waals surface area contributed by atoms with Crippen molar-refractivity contribution < 1.29 is 13.9 Å². The molecule has 1 amide bonds. The predicted molar refractivity (Wildman–Crippen MR) is 109 cm³/mol. The van der Waals surface area contributed by atoms with E-state index in [0.717, 1.165) is 30.8 Å². The molecule has 2 saturated heterocycles. The quantitative estimate of drug-likeness (QED) is 0.710. The van der Waals surface area contributed by atoms with Crippen LogP contribution in [0.5, 0.6) is 5.75 Å². The molecular formula is C22H27FN2O2S. The van der Waals surface area contributed by atoms with E-state index in [2.05, 4.69) is 11.8 Å². The number of thiophene rings is 1. The first-order chi connectivity index (χ1) is 13.6. The third-order valence-electron chi connectivity index (χ3n) is 5.91. The van der Waals surface area contributed by atoms with Crippen molar-refractivity contribution in [3.05, 3.63) is 52.0 Å². The lowest BCUT2D eigenvalue weighted by molar-refractivity contribution is 0.0692. The van der Waals surface area contributed by atoms with Gasteiger partial charge in [0.1, 0.15) is 18.2 Å². The van der Waals surface area contributed by atoms with Gasteiger partial charge in [-0.1, -0.05) is 6.07 Å². The van der Waals surface area contributed by atoms with E-state index in [1.807, 2.05) is 22.4 Å². The number of ether oxygens (including phenoxy) is 1. The Bertz CT molecular complexity index is 811. The number of hydrogen-bond donors (Lipinski definition) is 0. The second-order valence-corrected chi connectivity index (χ2v) is 8.82. The Kier molecular flexibility index (Phi) is 5.97. The summed E-state index contributed by atoms with van der Waals surface area (Å²) in [6.07, 6.45) is 4.44. The fourth-order valence-corrected chi connectivity index (χ4v) is 4.91. The van der Waals surface area contributed by atoms with Gasteiger partial charge >= 0.3 is 0 Å². The van der Waals surface area contributed by atoms with Crippen molar-refractivity contribution in [3.8, 4) is 5.75 Å². The maximum Gasteiger partial charge on any atom is 0.257 e. The average molecular weight is 403 g/mol. The fraction of sp³-hybridized carbons (Fsp3) is 0.500. The molecule has 4 rings (SSSR count). The summed E-state index contributed by atoms with van der Waals surface area (Å²) in [7, 11) is 0. The van der Waals surface area contributed by atoms with Gasteiger partial charge in [0, 0.05) is 36.1 Å². The fourth-order valence-electron chi connectivity index (χ4n) is 4.29. The number of halogens is 1. The topological polar surface area (TPSA) is 32.8 Å². The maximum absolute atomic E-state index is 14.7. The summed E-state index contributed by atoms with van der Waals surface area (Å²) >= 11 is 1.60. The van der Waals surface area contributed by atoms with Gasteiger partial charge in [-0.25, -0.2) is 4.39 Å². The first-order valence-electron chi connectivity index (χ1n) is 10.1. The molecule has 0 spiro atoms. The molecule has 2 atom stereocenters. The number of nitrogens with zero attached hydrogens (tertiary/aromatic N) is 2. The van der Waals surface area contributed by atoms with Crippen molar-refractivity contribution in [1.82, 2.24) is 9.80 Å². The van der Waals surface area contributed by atoms with Crippen LogP contribution in [0.15, 0.2) is 35.7 Å². The van der Waals surface area contributed by atoms with Gasteiger partial charge in [0.25, 0.3) is 5.91 Å². The minimum absolute atomic E-state index is 0.143. The van der Waals surface area contributed by atoms with Crippen LogP contribution in [0, 0.1) is 5.82 Å². The molecule has 1 aromatic heterocycles. The molecule has 0 radical (unpaired) electrons. The van der Waals surface area contributed by atoms with Crippen LogP contribution in [0.4, 0.5) is 4.39 Å². The number of benzene rings is 1. The van der Waals surface area contributed by atoms with Crippen molar-refractivity contribution in [2.24, 2.45) is 0 Å². The van der Waals surface area contributed by atoms with E-state index in [0.29, 0.717) is 24.9 Å². The number of rotatable bonds is 6. The average Bonchev–Trinajstić information content (AvgIpc) is 3.43. The monoisotopic (exact) mass is 402 g/mol. The van der Waals surface area contributed by atoms with Gasteiger partial charge in [-0.2, -0.15) is 0 Å².